The van der Waals surface area contributed by atoms with E-state index in [1.165, 1.54) is 67.6 Å². The molecule has 2 unspecified atom stereocenters. The highest BCUT2D eigenvalue weighted by Crippen LogP contribution is 2.35. The highest BCUT2D eigenvalue weighted by atomic mass is 32.2. The van der Waals surface area contributed by atoms with Crippen molar-refractivity contribution in [1.82, 2.24) is 15.2 Å². The molecular formula is C37H52N6O3S3. The van der Waals surface area contributed by atoms with Crippen LogP contribution in [0.3, 0.4) is 0 Å². The van der Waals surface area contributed by atoms with Crippen LogP contribution in [0.2, 0.25) is 0 Å². The fraction of sp³-hybridized carbons (Fsp3) is 0.568. The first-order valence-electron chi connectivity index (χ1n) is 18.0. The number of carbonyl (C=O) groups excluding carboxylic acids is 1. The summed E-state index contributed by atoms with van der Waals surface area (Å²) in [4.78, 5) is 18.7. The molecular weight excluding hydrogens is 673 g/mol. The van der Waals surface area contributed by atoms with Gasteiger partial charge in [0.25, 0.3) is 11.0 Å². The van der Waals surface area contributed by atoms with Crippen LogP contribution < -0.4 is 14.8 Å². The summed E-state index contributed by atoms with van der Waals surface area (Å²) in [6.45, 7) is 10.1. The summed E-state index contributed by atoms with van der Waals surface area (Å²) in [5, 5.41) is 21.5. The van der Waals surface area contributed by atoms with Crippen molar-refractivity contribution in [3.05, 3.63) is 47.5 Å². The van der Waals surface area contributed by atoms with Crippen LogP contribution in [0.4, 0.5) is 10.8 Å². The minimum Gasteiger partial charge on any atom is -0.490 e. The van der Waals surface area contributed by atoms with E-state index in [9.17, 15) is 4.79 Å². The van der Waals surface area contributed by atoms with Crippen LogP contribution >= 0.6 is 34.4 Å². The van der Waals surface area contributed by atoms with Gasteiger partial charge >= 0.3 is 0 Å². The molecule has 2 heterocycles. The fourth-order valence-electron chi connectivity index (χ4n) is 5.17. The zero-order valence-electron chi connectivity index (χ0n) is 29.5. The Morgan fingerprint density at radius 1 is 0.857 bits per heavy atom. The topological polar surface area (TPSA) is 111 Å². The van der Waals surface area contributed by atoms with E-state index in [1.807, 2.05) is 42.5 Å². The normalized spacial score (nSPS) is 12.8. The Morgan fingerprint density at radius 2 is 1.59 bits per heavy atom. The van der Waals surface area contributed by atoms with E-state index in [2.05, 4.69) is 53.4 Å². The van der Waals surface area contributed by atoms with Crippen LogP contribution in [-0.4, -0.2) is 40.1 Å². The maximum atomic E-state index is 13.9. The molecule has 49 heavy (non-hydrogen) atoms. The van der Waals surface area contributed by atoms with Crippen LogP contribution in [0, 0.1) is 5.92 Å². The molecule has 2 aromatic heterocycles. The van der Waals surface area contributed by atoms with E-state index in [1.54, 1.807) is 11.8 Å². The predicted octanol–water partition coefficient (Wildman–Crippen LogP) is 11.8. The Hall–Kier alpha value is -3.09. The van der Waals surface area contributed by atoms with Crippen LogP contribution in [0.1, 0.15) is 116 Å². The number of hydrogen-bond donors (Lipinski definition) is 1. The maximum Gasteiger partial charge on any atom is 0.258 e. The van der Waals surface area contributed by atoms with E-state index in [0.29, 0.717) is 46.5 Å². The van der Waals surface area contributed by atoms with Crippen molar-refractivity contribution in [2.45, 2.75) is 115 Å². The van der Waals surface area contributed by atoms with Gasteiger partial charge in [-0.3, -0.25) is 4.79 Å². The fourth-order valence-corrected chi connectivity index (χ4v) is 8.12. The molecule has 266 valence electrons. The van der Waals surface area contributed by atoms with Crippen molar-refractivity contribution in [2.75, 3.05) is 24.3 Å². The van der Waals surface area contributed by atoms with Gasteiger partial charge in [-0.1, -0.05) is 121 Å². The van der Waals surface area contributed by atoms with Crippen molar-refractivity contribution in [2.24, 2.45) is 16.1 Å². The summed E-state index contributed by atoms with van der Waals surface area (Å²) in [7, 11) is 0. The van der Waals surface area contributed by atoms with Gasteiger partial charge in [0.15, 0.2) is 15.8 Å². The minimum atomic E-state index is -0.969. The number of nitrogens with one attached hydrogen (secondary N) is 1. The Labute approximate surface area is 304 Å². The Balaban J connectivity index is 1.50. The molecule has 4 aromatic rings. The van der Waals surface area contributed by atoms with Crippen molar-refractivity contribution in [3.63, 3.8) is 0 Å². The van der Waals surface area contributed by atoms with Gasteiger partial charge in [-0.2, -0.15) is 5.11 Å². The number of benzene rings is 2. The van der Waals surface area contributed by atoms with Crippen LogP contribution in [0.5, 0.6) is 11.5 Å². The summed E-state index contributed by atoms with van der Waals surface area (Å²) < 4.78 is 14.2. The van der Waals surface area contributed by atoms with Crippen molar-refractivity contribution >= 4 is 61.4 Å². The van der Waals surface area contributed by atoms with Gasteiger partial charge in [0.05, 0.1) is 23.4 Å². The molecule has 1 amide bonds. The number of thiazole rings is 1. The van der Waals surface area contributed by atoms with Gasteiger partial charge in [-0.25, -0.2) is 4.98 Å². The molecule has 12 heteroatoms. The molecule has 1 N–H and O–H groups in total. The number of carbonyl (C=O) groups is 1. The second kappa shape index (κ2) is 21.9. The number of anilines is 1. The Bertz CT molecular complexity index is 1540. The van der Waals surface area contributed by atoms with Gasteiger partial charge in [-0.05, 0) is 49.4 Å². The van der Waals surface area contributed by atoms with Crippen LogP contribution in [-0.2, 0) is 4.79 Å². The number of fused-ring (bicyclic) bond motifs is 1. The first kappa shape index (κ1) is 38.7. The number of thioether (sulfide) groups is 1. The van der Waals surface area contributed by atoms with Crippen molar-refractivity contribution in [3.8, 4) is 11.5 Å². The number of aromatic nitrogens is 3. The molecule has 0 fully saturated rings. The van der Waals surface area contributed by atoms with E-state index in [0.717, 1.165) is 52.4 Å². The van der Waals surface area contributed by atoms with Gasteiger partial charge in [0, 0.05) is 17.5 Å². The van der Waals surface area contributed by atoms with Crippen LogP contribution in [0.15, 0.2) is 57.0 Å². The molecule has 2 aromatic carbocycles. The quantitative estimate of drug-likeness (QED) is 0.0435. The Morgan fingerprint density at radius 3 is 2.31 bits per heavy atom. The largest absolute Gasteiger partial charge is 0.490 e. The summed E-state index contributed by atoms with van der Waals surface area (Å²) in [6, 6.07) is 12.4. The molecule has 0 aliphatic carbocycles. The zero-order chi connectivity index (χ0) is 34.7. The third kappa shape index (κ3) is 12.9. The lowest BCUT2D eigenvalue weighted by atomic mass is 10.0. The van der Waals surface area contributed by atoms with Gasteiger partial charge < -0.3 is 14.8 Å². The lowest BCUT2D eigenvalue weighted by molar-refractivity contribution is -0.117. The Kier molecular flexibility index (Phi) is 17.3. The molecule has 9 nitrogen and oxygen atoms in total. The van der Waals surface area contributed by atoms with E-state index >= 15 is 0 Å². The second-order valence-corrected chi connectivity index (χ2v) is 15.5. The average Bonchev–Trinajstić information content (AvgIpc) is 3.76. The van der Waals surface area contributed by atoms with Gasteiger partial charge in [-0.15, -0.1) is 26.6 Å². The molecule has 0 bridgehead atoms. The summed E-state index contributed by atoms with van der Waals surface area (Å²) in [5.41, 5.74) is 1.41. The van der Waals surface area contributed by atoms with E-state index in [-0.39, 0.29) is 5.91 Å². The third-order valence-electron chi connectivity index (χ3n) is 8.16. The highest BCUT2D eigenvalue weighted by molar-refractivity contribution is 8.01. The average molecular weight is 725 g/mol. The number of azo groups is 1. The lowest BCUT2D eigenvalue weighted by Gasteiger charge is -2.15. The van der Waals surface area contributed by atoms with E-state index < -0.39 is 6.04 Å². The lowest BCUT2D eigenvalue weighted by Crippen LogP contribution is -2.19. The molecule has 4 rings (SSSR count). The first-order valence-corrected chi connectivity index (χ1v) is 20.6. The smallest absolute Gasteiger partial charge is 0.258 e. The number of rotatable bonds is 24. The highest BCUT2D eigenvalue weighted by Gasteiger charge is 2.25. The zero-order valence-corrected chi connectivity index (χ0v) is 31.9. The van der Waals surface area contributed by atoms with Crippen LogP contribution in [0.25, 0.3) is 10.2 Å². The summed E-state index contributed by atoms with van der Waals surface area (Å²) >= 11 is 4.55. The summed E-state index contributed by atoms with van der Waals surface area (Å²) in [6.07, 6.45) is 13.7. The SMILES string of the molecule is CCCCCCOc1ccc(NC(=O)C(N=Nc2nnc(SCC(CC)CCCC)s2)c2nc3ccccc3s2)cc1OCCCCCC. The number of para-hydroxylation sites is 1. The number of hydrogen-bond acceptors (Lipinski definition) is 11. The van der Waals surface area contributed by atoms with E-state index in [4.69, 9.17) is 14.5 Å². The molecule has 0 radical (unpaired) electrons. The predicted molar refractivity (Wildman–Crippen MR) is 205 cm³/mol. The first-order chi connectivity index (χ1) is 24.0. The molecule has 0 saturated heterocycles. The number of ether oxygens (including phenoxy) is 2. The van der Waals surface area contributed by atoms with Crippen molar-refractivity contribution in [1.29, 1.82) is 0 Å². The molecule has 0 aliphatic rings. The third-order valence-corrected chi connectivity index (χ3v) is 11.4. The molecule has 0 spiro atoms. The number of nitrogens with zero attached hydrogens (tertiary/aromatic N) is 5. The monoisotopic (exact) mass is 724 g/mol. The van der Waals surface area contributed by atoms with Gasteiger partial charge in [0.1, 0.15) is 5.01 Å². The van der Waals surface area contributed by atoms with Crippen molar-refractivity contribution < 1.29 is 14.3 Å². The number of amides is 1. The number of unbranched alkanes of at least 4 members (excludes halogenated alkanes) is 7. The minimum absolute atomic E-state index is 0.342. The molecule has 0 saturated carbocycles. The summed E-state index contributed by atoms with van der Waals surface area (Å²) in [5.74, 6) is 2.64. The molecule has 0 aliphatic heterocycles. The maximum absolute atomic E-state index is 13.9. The standard InChI is InChI=1S/C37H52N6O3S3/c1-5-9-12-16-23-45-30-22-21-28(25-31(30)46-24-17-13-10-6-2)38-34(44)33(35-39-29-19-14-15-20-32(29)48-35)40-41-36-42-43-37(49-36)47-26-27(8-4)18-11-7-3/h14-15,19-22,25,27,33H,5-13,16-18,23-24,26H2,1-4H3,(H,38,44). The molecule has 2 atom stereocenters. The second-order valence-electron chi connectivity index (χ2n) is 12.2. The van der Waals surface area contributed by atoms with Gasteiger partial charge in [0.2, 0.25) is 6.04 Å².